The summed E-state index contributed by atoms with van der Waals surface area (Å²) in [5.41, 5.74) is 3.69. The third-order valence-corrected chi connectivity index (χ3v) is 5.64. The largest absolute Gasteiger partial charge is 0.336 e. The van der Waals surface area contributed by atoms with E-state index in [1.165, 1.54) is 23.3 Å². The lowest BCUT2D eigenvalue weighted by Crippen LogP contribution is -2.40. The quantitative estimate of drug-likeness (QED) is 0.807. The van der Waals surface area contributed by atoms with E-state index in [4.69, 9.17) is 0 Å². The first-order valence-electron chi connectivity index (χ1n) is 9.82. The van der Waals surface area contributed by atoms with E-state index in [0.717, 1.165) is 37.8 Å². The van der Waals surface area contributed by atoms with Gasteiger partial charge in [-0.3, -0.25) is 4.79 Å². The monoisotopic (exact) mass is 368 g/mol. The highest BCUT2D eigenvalue weighted by Crippen LogP contribution is 2.35. The van der Waals surface area contributed by atoms with Gasteiger partial charge in [0.05, 0.1) is 0 Å². The number of hydrogen-bond acceptors (Lipinski definition) is 2. The third kappa shape index (κ3) is 5.16. The van der Waals surface area contributed by atoms with Crippen LogP contribution in [0.15, 0.2) is 48.5 Å². The molecule has 1 N–H and O–H groups in total. The highest BCUT2D eigenvalue weighted by atomic mass is 19.1. The molecule has 0 radical (unpaired) electrons. The highest BCUT2D eigenvalue weighted by molar-refractivity contribution is 5.73. The first kappa shape index (κ1) is 19.6. The molecule has 0 atom stereocenters. The van der Waals surface area contributed by atoms with Gasteiger partial charge in [-0.25, -0.2) is 4.39 Å². The fourth-order valence-corrected chi connectivity index (χ4v) is 4.12. The lowest BCUT2D eigenvalue weighted by atomic mass is 9.81. The Morgan fingerprint density at radius 2 is 1.59 bits per heavy atom. The summed E-state index contributed by atoms with van der Waals surface area (Å²) in [6, 6.07) is 15.6. The number of carbonyl (C=O) groups is 1. The van der Waals surface area contributed by atoms with Crippen LogP contribution < -0.4 is 5.32 Å². The van der Waals surface area contributed by atoms with Crippen LogP contribution in [0.1, 0.15) is 55.2 Å². The topological polar surface area (TPSA) is 32.3 Å². The zero-order chi connectivity index (χ0) is 19.2. The maximum absolute atomic E-state index is 13.1. The van der Waals surface area contributed by atoms with Crippen LogP contribution in [0, 0.1) is 5.82 Å². The van der Waals surface area contributed by atoms with Gasteiger partial charge in [0.2, 0.25) is 5.91 Å². The standard InChI is InChI=1S/C23H29FN2O/c1-17(27)26(16-19-5-11-22(24)12-6-19)23-13-9-21(10-14-23)20-7-3-18(4-8-20)15-25-2/h3-8,11-12,21,23,25H,9-10,13-16H2,1-2H3/t21-,23-. The minimum atomic E-state index is -0.241. The van der Waals surface area contributed by atoms with Gasteiger partial charge in [-0.15, -0.1) is 0 Å². The van der Waals surface area contributed by atoms with Gasteiger partial charge < -0.3 is 10.2 Å². The summed E-state index contributed by atoms with van der Waals surface area (Å²) in [4.78, 5) is 14.2. The number of rotatable bonds is 6. The molecule has 0 unspecified atom stereocenters. The van der Waals surface area contributed by atoms with E-state index in [0.29, 0.717) is 12.5 Å². The predicted molar refractivity (Wildman–Crippen MR) is 107 cm³/mol. The Morgan fingerprint density at radius 1 is 1.00 bits per heavy atom. The van der Waals surface area contributed by atoms with E-state index in [1.54, 1.807) is 19.1 Å². The number of nitrogens with zero attached hydrogens (tertiary/aromatic N) is 1. The molecular weight excluding hydrogens is 339 g/mol. The van der Waals surface area contributed by atoms with Crippen LogP contribution in [0.25, 0.3) is 0 Å². The second kappa shape index (κ2) is 9.14. The number of nitrogens with one attached hydrogen (secondary N) is 1. The van der Waals surface area contributed by atoms with Crippen LogP contribution in [0.3, 0.4) is 0 Å². The van der Waals surface area contributed by atoms with Crippen LogP contribution in [0.5, 0.6) is 0 Å². The van der Waals surface area contributed by atoms with E-state index in [1.807, 2.05) is 11.9 Å². The molecule has 144 valence electrons. The second-order valence-electron chi connectivity index (χ2n) is 7.55. The molecular formula is C23H29FN2O. The molecule has 0 bridgehead atoms. The van der Waals surface area contributed by atoms with Crippen molar-refractivity contribution in [1.29, 1.82) is 0 Å². The Balaban J connectivity index is 1.60. The normalized spacial score (nSPS) is 19.7. The second-order valence-corrected chi connectivity index (χ2v) is 7.55. The molecule has 1 fully saturated rings. The zero-order valence-electron chi connectivity index (χ0n) is 16.2. The van der Waals surface area contributed by atoms with Crippen LogP contribution in [0.4, 0.5) is 4.39 Å². The van der Waals surface area contributed by atoms with Crippen molar-refractivity contribution >= 4 is 5.91 Å². The maximum Gasteiger partial charge on any atom is 0.219 e. The van der Waals surface area contributed by atoms with Crippen LogP contribution in [-0.4, -0.2) is 23.9 Å². The Hall–Kier alpha value is -2.20. The number of amides is 1. The summed E-state index contributed by atoms with van der Waals surface area (Å²) >= 11 is 0. The van der Waals surface area contributed by atoms with Gasteiger partial charge in [0.25, 0.3) is 0 Å². The van der Waals surface area contributed by atoms with Gasteiger partial charge in [-0.05, 0) is 67.5 Å². The van der Waals surface area contributed by atoms with Crippen molar-refractivity contribution in [3.8, 4) is 0 Å². The summed E-state index contributed by atoms with van der Waals surface area (Å²) in [7, 11) is 1.96. The Labute approximate surface area is 161 Å². The minimum absolute atomic E-state index is 0.0965. The molecule has 1 aliphatic carbocycles. The van der Waals surface area contributed by atoms with Crippen LogP contribution in [0.2, 0.25) is 0 Å². The van der Waals surface area contributed by atoms with Gasteiger partial charge in [0.15, 0.2) is 0 Å². The predicted octanol–water partition coefficient (Wildman–Crippen LogP) is 4.62. The minimum Gasteiger partial charge on any atom is -0.336 e. The van der Waals surface area contributed by atoms with E-state index in [-0.39, 0.29) is 17.8 Å². The number of benzene rings is 2. The van der Waals surface area contributed by atoms with Crippen molar-refractivity contribution in [3.63, 3.8) is 0 Å². The molecule has 0 aromatic heterocycles. The van der Waals surface area contributed by atoms with E-state index < -0.39 is 0 Å². The molecule has 0 spiro atoms. The lowest BCUT2D eigenvalue weighted by Gasteiger charge is -2.37. The van der Waals surface area contributed by atoms with Crippen molar-refractivity contribution in [3.05, 3.63) is 71.0 Å². The average molecular weight is 368 g/mol. The van der Waals surface area contributed by atoms with Crippen molar-refractivity contribution < 1.29 is 9.18 Å². The fraction of sp³-hybridized carbons (Fsp3) is 0.435. The van der Waals surface area contributed by atoms with Crippen LogP contribution in [-0.2, 0) is 17.9 Å². The summed E-state index contributed by atoms with van der Waals surface area (Å²) in [6.07, 6.45) is 4.24. The van der Waals surface area contributed by atoms with E-state index in [9.17, 15) is 9.18 Å². The molecule has 1 saturated carbocycles. The molecule has 0 aliphatic heterocycles. The molecule has 2 aromatic rings. The molecule has 1 amide bonds. The van der Waals surface area contributed by atoms with Crippen molar-refractivity contribution in [2.75, 3.05) is 7.05 Å². The molecule has 4 heteroatoms. The Kier molecular flexibility index (Phi) is 6.62. The van der Waals surface area contributed by atoms with E-state index in [2.05, 4.69) is 29.6 Å². The highest BCUT2D eigenvalue weighted by Gasteiger charge is 2.28. The number of carbonyl (C=O) groups excluding carboxylic acids is 1. The van der Waals surface area contributed by atoms with Gasteiger partial charge in [0, 0.05) is 26.1 Å². The molecule has 3 nitrogen and oxygen atoms in total. The SMILES string of the molecule is CNCc1ccc([C@H]2CC[C@H](N(Cc3ccc(F)cc3)C(C)=O)CC2)cc1. The summed E-state index contributed by atoms with van der Waals surface area (Å²) in [6.45, 7) is 3.09. The summed E-state index contributed by atoms with van der Waals surface area (Å²) in [5.74, 6) is 0.429. The number of hydrogen-bond donors (Lipinski definition) is 1. The van der Waals surface area contributed by atoms with Crippen molar-refractivity contribution in [1.82, 2.24) is 10.2 Å². The molecule has 1 aliphatic rings. The molecule has 2 aromatic carbocycles. The fourth-order valence-electron chi connectivity index (χ4n) is 4.12. The smallest absolute Gasteiger partial charge is 0.219 e. The average Bonchev–Trinajstić information content (AvgIpc) is 2.68. The zero-order valence-corrected chi connectivity index (χ0v) is 16.2. The molecule has 0 heterocycles. The first-order chi connectivity index (χ1) is 13.1. The number of halogens is 1. The third-order valence-electron chi connectivity index (χ3n) is 5.64. The summed E-state index contributed by atoms with van der Waals surface area (Å²) < 4.78 is 13.1. The summed E-state index contributed by atoms with van der Waals surface area (Å²) in [5, 5.41) is 3.18. The van der Waals surface area contributed by atoms with Crippen LogP contribution >= 0.6 is 0 Å². The Morgan fingerprint density at radius 3 is 2.15 bits per heavy atom. The molecule has 0 saturated heterocycles. The van der Waals surface area contributed by atoms with Gasteiger partial charge in [-0.1, -0.05) is 36.4 Å². The Bertz CT molecular complexity index is 734. The van der Waals surface area contributed by atoms with Gasteiger partial charge in [-0.2, -0.15) is 0 Å². The van der Waals surface area contributed by atoms with Gasteiger partial charge in [0.1, 0.15) is 5.82 Å². The first-order valence-corrected chi connectivity index (χ1v) is 9.82. The van der Waals surface area contributed by atoms with Crippen molar-refractivity contribution in [2.24, 2.45) is 0 Å². The van der Waals surface area contributed by atoms with Crippen molar-refractivity contribution in [2.45, 2.75) is 57.7 Å². The molecule has 3 rings (SSSR count). The van der Waals surface area contributed by atoms with E-state index >= 15 is 0 Å². The maximum atomic E-state index is 13.1. The lowest BCUT2D eigenvalue weighted by molar-refractivity contribution is -0.132. The molecule has 27 heavy (non-hydrogen) atoms. The van der Waals surface area contributed by atoms with Gasteiger partial charge >= 0.3 is 0 Å².